The van der Waals surface area contributed by atoms with Crippen LogP contribution in [0.4, 0.5) is 0 Å². The van der Waals surface area contributed by atoms with Crippen LogP contribution in [-0.2, 0) is 13.1 Å². The fraction of sp³-hybridized carbons (Fsp3) is 0.316. The molecule has 27 heavy (non-hydrogen) atoms. The van der Waals surface area contributed by atoms with Crippen molar-refractivity contribution in [3.63, 3.8) is 0 Å². The molecule has 2 aromatic carbocycles. The van der Waals surface area contributed by atoms with Gasteiger partial charge in [0.2, 0.25) is 6.79 Å². The Bertz CT molecular complexity index is 799. The van der Waals surface area contributed by atoms with E-state index in [-0.39, 0.29) is 30.8 Å². The number of nitrogens with zero attached hydrogens (tertiary/aromatic N) is 1. The predicted molar refractivity (Wildman–Crippen MR) is 115 cm³/mol. The molecule has 0 saturated heterocycles. The van der Waals surface area contributed by atoms with E-state index in [9.17, 15) is 0 Å². The second-order valence-corrected chi connectivity index (χ2v) is 5.66. The number of hydrogen-bond donors (Lipinski definition) is 2. The van der Waals surface area contributed by atoms with Gasteiger partial charge in [-0.2, -0.15) is 0 Å². The van der Waals surface area contributed by atoms with Gasteiger partial charge in [-0.05, 0) is 35.4 Å². The van der Waals surface area contributed by atoms with Gasteiger partial charge < -0.3 is 29.6 Å². The number of ether oxygens (including phenoxy) is 4. The molecule has 0 radical (unpaired) electrons. The lowest BCUT2D eigenvalue weighted by molar-refractivity contribution is 0.174. The highest BCUT2D eigenvalue weighted by Gasteiger charge is 2.13. The van der Waals surface area contributed by atoms with Gasteiger partial charge in [-0.15, -0.1) is 24.0 Å². The van der Waals surface area contributed by atoms with Crippen LogP contribution >= 0.6 is 24.0 Å². The summed E-state index contributed by atoms with van der Waals surface area (Å²) < 4.78 is 21.3. The topological polar surface area (TPSA) is 73.3 Å². The second kappa shape index (κ2) is 10.1. The van der Waals surface area contributed by atoms with Crippen LogP contribution in [0.1, 0.15) is 11.1 Å². The summed E-state index contributed by atoms with van der Waals surface area (Å²) in [5.41, 5.74) is 2.15. The molecular formula is C19H24IN3O4. The van der Waals surface area contributed by atoms with Crippen LogP contribution in [-0.4, -0.2) is 34.0 Å². The maximum Gasteiger partial charge on any atom is 0.231 e. The van der Waals surface area contributed by atoms with Crippen molar-refractivity contribution in [2.24, 2.45) is 4.99 Å². The van der Waals surface area contributed by atoms with Crippen LogP contribution in [0.15, 0.2) is 41.4 Å². The zero-order valence-corrected chi connectivity index (χ0v) is 17.9. The van der Waals surface area contributed by atoms with Gasteiger partial charge in [-0.3, -0.25) is 4.99 Å². The molecule has 146 valence electrons. The molecule has 2 aromatic rings. The molecule has 0 bridgehead atoms. The molecule has 0 aromatic heterocycles. The van der Waals surface area contributed by atoms with Crippen LogP contribution < -0.4 is 29.6 Å². The van der Waals surface area contributed by atoms with Gasteiger partial charge in [-0.1, -0.05) is 12.1 Å². The van der Waals surface area contributed by atoms with Crippen molar-refractivity contribution in [3.05, 3.63) is 47.5 Å². The van der Waals surface area contributed by atoms with Crippen LogP contribution in [0.25, 0.3) is 0 Å². The lowest BCUT2D eigenvalue weighted by atomic mass is 10.2. The molecule has 2 N–H and O–H groups in total. The third-order valence-corrected chi connectivity index (χ3v) is 4.03. The Morgan fingerprint density at radius 2 is 1.56 bits per heavy atom. The Kier molecular flexibility index (Phi) is 7.83. The van der Waals surface area contributed by atoms with Crippen molar-refractivity contribution in [1.82, 2.24) is 10.6 Å². The molecule has 0 aliphatic carbocycles. The minimum absolute atomic E-state index is 0. The average Bonchev–Trinajstić information content (AvgIpc) is 3.15. The van der Waals surface area contributed by atoms with Crippen LogP contribution in [0.5, 0.6) is 23.0 Å². The van der Waals surface area contributed by atoms with Crippen LogP contribution in [0, 0.1) is 0 Å². The summed E-state index contributed by atoms with van der Waals surface area (Å²) in [7, 11) is 4.99. The first-order valence-corrected chi connectivity index (χ1v) is 8.27. The number of benzene rings is 2. The number of nitrogens with one attached hydrogen (secondary N) is 2. The lowest BCUT2D eigenvalue weighted by Gasteiger charge is -2.14. The van der Waals surface area contributed by atoms with Crippen molar-refractivity contribution in [2.75, 3.05) is 28.1 Å². The SMILES string of the molecule is CN=C(NCc1ccc(OC)c(OC)c1)NCc1ccc2c(c1)OCO2.I. The molecule has 0 atom stereocenters. The van der Waals surface area contributed by atoms with E-state index in [1.54, 1.807) is 21.3 Å². The van der Waals surface area contributed by atoms with E-state index in [1.165, 1.54) is 0 Å². The highest BCUT2D eigenvalue weighted by Crippen LogP contribution is 2.32. The summed E-state index contributed by atoms with van der Waals surface area (Å²) in [6.07, 6.45) is 0. The van der Waals surface area contributed by atoms with Crippen molar-refractivity contribution in [2.45, 2.75) is 13.1 Å². The summed E-state index contributed by atoms with van der Waals surface area (Å²) in [4.78, 5) is 4.25. The Balaban J connectivity index is 0.00000261. The monoisotopic (exact) mass is 485 g/mol. The third-order valence-electron chi connectivity index (χ3n) is 4.03. The number of aliphatic imine (C=N–C) groups is 1. The van der Waals surface area contributed by atoms with E-state index in [0.717, 1.165) is 22.6 Å². The van der Waals surface area contributed by atoms with Crippen LogP contribution in [0.2, 0.25) is 0 Å². The molecule has 1 aliphatic rings. The molecule has 0 saturated carbocycles. The first kappa shape index (κ1) is 20.9. The summed E-state index contributed by atoms with van der Waals surface area (Å²) in [5.74, 6) is 3.68. The van der Waals surface area contributed by atoms with E-state index < -0.39 is 0 Å². The molecule has 1 aliphatic heterocycles. The maximum absolute atomic E-state index is 5.40. The molecule has 3 rings (SSSR count). The molecule has 0 spiro atoms. The van der Waals surface area contributed by atoms with E-state index in [1.807, 2.05) is 36.4 Å². The zero-order chi connectivity index (χ0) is 18.4. The smallest absolute Gasteiger partial charge is 0.231 e. The molecule has 0 unspecified atom stereocenters. The van der Waals surface area contributed by atoms with E-state index in [0.29, 0.717) is 30.5 Å². The number of fused-ring (bicyclic) bond motifs is 1. The van der Waals surface area contributed by atoms with Gasteiger partial charge in [0.25, 0.3) is 0 Å². The Hall–Kier alpha value is -2.36. The van der Waals surface area contributed by atoms with Gasteiger partial charge in [0, 0.05) is 20.1 Å². The maximum atomic E-state index is 5.40. The molecular weight excluding hydrogens is 461 g/mol. The number of hydrogen-bond acceptors (Lipinski definition) is 5. The normalized spacial score (nSPS) is 12.2. The Morgan fingerprint density at radius 3 is 2.22 bits per heavy atom. The molecule has 7 nitrogen and oxygen atoms in total. The standard InChI is InChI=1S/C19H23N3O4.HI/c1-20-19(21-10-13-4-6-15(23-2)17(8-13)24-3)22-11-14-5-7-16-18(9-14)26-12-25-16;/h4-9H,10-12H2,1-3H3,(H2,20,21,22);1H. The highest BCUT2D eigenvalue weighted by molar-refractivity contribution is 14.0. The molecule has 0 fully saturated rings. The minimum atomic E-state index is 0. The van der Waals surface area contributed by atoms with Crippen molar-refractivity contribution < 1.29 is 18.9 Å². The first-order valence-electron chi connectivity index (χ1n) is 8.27. The van der Waals surface area contributed by atoms with Gasteiger partial charge in [-0.25, -0.2) is 0 Å². The van der Waals surface area contributed by atoms with Crippen molar-refractivity contribution in [3.8, 4) is 23.0 Å². The highest BCUT2D eigenvalue weighted by atomic mass is 127. The second-order valence-electron chi connectivity index (χ2n) is 5.66. The Labute approximate surface area is 176 Å². The van der Waals surface area contributed by atoms with Gasteiger partial charge in [0.15, 0.2) is 29.0 Å². The summed E-state index contributed by atoms with van der Waals surface area (Å²) in [5, 5.41) is 6.57. The fourth-order valence-corrected chi connectivity index (χ4v) is 2.63. The van der Waals surface area contributed by atoms with E-state index >= 15 is 0 Å². The number of methoxy groups -OCH3 is 2. The van der Waals surface area contributed by atoms with Gasteiger partial charge in [0.05, 0.1) is 14.2 Å². The summed E-state index contributed by atoms with van der Waals surface area (Å²) >= 11 is 0. The third kappa shape index (κ3) is 5.31. The van der Waals surface area contributed by atoms with Crippen LogP contribution in [0.3, 0.4) is 0 Å². The summed E-state index contributed by atoms with van der Waals surface area (Å²) in [6, 6.07) is 11.7. The lowest BCUT2D eigenvalue weighted by Crippen LogP contribution is -2.36. The molecule has 8 heteroatoms. The molecule has 1 heterocycles. The predicted octanol–water partition coefficient (Wildman–Crippen LogP) is 2.92. The van der Waals surface area contributed by atoms with E-state index in [2.05, 4.69) is 15.6 Å². The number of rotatable bonds is 6. The largest absolute Gasteiger partial charge is 0.493 e. The molecule has 0 amide bonds. The minimum Gasteiger partial charge on any atom is -0.493 e. The Morgan fingerprint density at radius 1 is 0.926 bits per heavy atom. The van der Waals surface area contributed by atoms with Gasteiger partial charge in [0.1, 0.15) is 0 Å². The zero-order valence-electron chi connectivity index (χ0n) is 15.6. The quantitative estimate of drug-likeness (QED) is 0.373. The average molecular weight is 485 g/mol. The summed E-state index contributed by atoms with van der Waals surface area (Å²) in [6.45, 7) is 1.52. The number of halogens is 1. The number of guanidine groups is 1. The van der Waals surface area contributed by atoms with Crippen molar-refractivity contribution >= 4 is 29.9 Å². The first-order chi connectivity index (χ1) is 12.7. The van der Waals surface area contributed by atoms with E-state index in [4.69, 9.17) is 18.9 Å². The fourth-order valence-electron chi connectivity index (χ4n) is 2.63. The van der Waals surface area contributed by atoms with Crippen molar-refractivity contribution in [1.29, 1.82) is 0 Å². The van der Waals surface area contributed by atoms with Gasteiger partial charge >= 0.3 is 0 Å².